The van der Waals surface area contributed by atoms with E-state index in [2.05, 4.69) is 0 Å². The molecule has 2 rings (SSSR count). The van der Waals surface area contributed by atoms with Gasteiger partial charge in [-0.1, -0.05) is 0 Å². The van der Waals surface area contributed by atoms with E-state index in [4.69, 9.17) is 11.0 Å². The fourth-order valence-corrected chi connectivity index (χ4v) is 3.22. The predicted octanol–water partition coefficient (Wildman–Crippen LogP) is 2.39. The molecule has 0 aromatic heterocycles. The minimum Gasteiger partial charge on any atom is -0.399 e. The van der Waals surface area contributed by atoms with Crippen molar-refractivity contribution in [3.8, 4) is 6.07 Å². The summed E-state index contributed by atoms with van der Waals surface area (Å²) >= 11 is 0. The number of hydrogen-bond acceptors (Lipinski definition) is 4. The van der Waals surface area contributed by atoms with Crippen LogP contribution in [0.25, 0.3) is 0 Å². The van der Waals surface area contributed by atoms with E-state index >= 15 is 0 Å². The lowest BCUT2D eigenvalue weighted by molar-refractivity contribution is 0.563. The first kappa shape index (κ1) is 14.9. The number of sulfone groups is 1. The number of nitrogen functional groups attached to an aromatic ring is 1. The highest BCUT2D eigenvalue weighted by atomic mass is 32.2. The second-order valence-corrected chi connectivity index (χ2v) is 6.32. The van der Waals surface area contributed by atoms with Crippen molar-refractivity contribution >= 4 is 15.5 Å². The number of nitrogens with two attached hydrogens (primary N) is 1. The summed E-state index contributed by atoms with van der Waals surface area (Å²) in [4.78, 5) is -0.557. The molecule has 0 amide bonds. The van der Waals surface area contributed by atoms with Crippen LogP contribution in [0, 0.1) is 23.0 Å². The number of hydrogen-bond donors (Lipinski definition) is 1. The third-order valence-corrected chi connectivity index (χ3v) is 4.50. The van der Waals surface area contributed by atoms with Gasteiger partial charge in [-0.05, 0) is 36.4 Å². The van der Waals surface area contributed by atoms with Crippen molar-refractivity contribution in [1.82, 2.24) is 0 Å². The molecule has 0 saturated carbocycles. The molecule has 0 bridgehead atoms. The van der Waals surface area contributed by atoms with Gasteiger partial charge in [0.25, 0.3) is 0 Å². The van der Waals surface area contributed by atoms with Crippen molar-refractivity contribution in [2.45, 2.75) is 10.6 Å². The number of rotatable bonds is 3. The molecule has 2 aromatic carbocycles. The molecule has 0 unspecified atom stereocenters. The number of nitrogens with zero attached hydrogens (tertiary/aromatic N) is 1. The number of halogens is 2. The molecule has 0 radical (unpaired) electrons. The van der Waals surface area contributed by atoms with Gasteiger partial charge < -0.3 is 5.73 Å². The molecule has 4 nitrogen and oxygen atoms in total. The largest absolute Gasteiger partial charge is 0.399 e. The van der Waals surface area contributed by atoms with Crippen LogP contribution in [-0.2, 0) is 15.6 Å². The molecule has 0 heterocycles. The molecule has 7 heteroatoms. The average Bonchev–Trinajstić information content (AvgIpc) is 2.40. The number of anilines is 1. The zero-order valence-electron chi connectivity index (χ0n) is 10.7. The zero-order chi connectivity index (χ0) is 15.6. The van der Waals surface area contributed by atoms with E-state index in [-0.39, 0.29) is 16.8 Å². The van der Waals surface area contributed by atoms with E-state index in [0.29, 0.717) is 0 Å². The first-order valence-corrected chi connectivity index (χ1v) is 7.45. The van der Waals surface area contributed by atoms with Gasteiger partial charge in [-0.15, -0.1) is 0 Å². The molecular weight excluding hydrogens is 298 g/mol. The molecule has 0 saturated heterocycles. The molecule has 2 N–H and O–H groups in total. The third-order valence-electron chi connectivity index (χ3n) is 2.81. The Bertz CT molecular complexity index is 843. The van der Waals surface area contributed by atoms with Gasteiger partial charge in [0.05, 0.1) is 17.4 Å². The Morgan fingerprint density at radius 3 is 2.43 bits per heavy atom. The summed E-state index contributed by atoms with van der Waals surface area (Å²) in [5.74, 6) is -2.50. The van der Waals surface area contributed by atoms with E-state index in [1.807, 2.05) is 0 Å². The average molecular weight is 308 g/mol. The maximum atomic E-state index is 13.7. The summed E-state index contributed by atoms with van der Waals surface area (Å²) < 4.78 is 51.6. The first-order valence-electron chi connectivity index (χ1n) is 5.80. The standard InChI is InChI=1S/C14H10F2N2O2S/c15-12-3-1-9(7-17)5-10(12)8-21(19,20)14-4-2-11(18)6-13(14)16/h1-6H,8,18H2. The lowest BCUT2D eigenvalue weighted by atomic mass is 10.1. The topological polar surface area (TPSA) is 84.0 Å². The lowest BCUT2D eigenvalue weighted by Gasteiger charge is -2.07. The summed E-state index contributed by atoms with van der Waals surface area (Å²) in [6, 6.07) is 8.31. The Balaban J connectivity index is 2.45. The van der Waals surface area contributed by atoms with Crippen molar-refractivity contribution in [2.24, 2.45) is 0 Å². The van der Waals surface area contributed by atoms with Gasteiger partial charge in [0.2, 0.25) is 0 Å². The van der Waals surface area contributed by atoms with E-state index in [9.17, 15) is 17.2 Å². The van der Waals surface area contributed by atoms with Crippen LogP contribution in [0.5, 0.6) is 0 Å². The highest BCUT2D eigenvalue weighted by Crippen LogP contribution is 2.23. The summed E-state index contributed by atoms with van der Waals surface area (Å²) in [5.41, 5.74) is 5.38. The number of benzene rings is 2. The van der Waals surface area contributed by atoms with Crippen LogP contribution in [0.15, 0.2) is 41.3 Å². The van der Waals surface area contributed by atoms with Gasteiger partial charge in [0, 0.05) is 11.3 Å². The molecule has 0 spiro atoms. The Morgan fingerprint density at radius 1 is 1.10 bits per heavy atom. The van der Waals surface area contributed by atoms with Gasteiger partial charge in [-0.3, -0.25) is 0 Å². The van der Waals surface area contributed by atoms with Crippen LogP contribution < -0.4 is 5.73 Å². The normalized spacial score (nSPS) is 11.1. The van der Waals surface area contributed by atoms with Crippen LogP contribution >= 0.6 is 0 Å². The van der Waals surface area contributed by atoms with E-state index in [1.165, 1.54) is 12.1 Å². The molecule has 2 aromatic rings. The minimum atomic E-state index is -4.09. The Labute approximate surface area is 120 Å². The maximum absolute atomic E-state index is 13.7. The Kier molecular flexibility index (Phi) is 3.91. The van der Waals surface area contributed by atoms with Crippen molar-refractivity contribution < 1.29 is 17.2 Å². The van der Waals surface area contributed by atoms with Gasteiger partial charge in [0.1, 0.15) is 16.5 Å². The van der Waals surface area contributed by atoms with Crippen LogP contribution in [0.2, 0.25) is 0 Å². The van der Waals surface area contributed by atoms with E-state index in [1.54, 1.807) is 6.07 Å². The summed E-state index contributed by atoms with van der Waals surface area (Å²) in [6.07, 6.45) is 0. The smallest absolute Gasteiger partial charge is 0.185 e. The Hall–Kier alpha value is -2.46. The molecular formula is C14H10F2N2O2S. The highest BCUT2D eigenvalue weighted by Gasteiger charge is 2.21. The van der Waals surface area contributed by atoms with Gasteiger partial charge >= 0.3 is 0 Å². The lowest BCUT2D eigenvalue weighted by Crippen LogP contribution is -2.09. The van der Waals surface area contributed by atoms with Gasteiger partial charge in [-0.25, -0.2) is 17.2 Å². The van der Waals surface area contributed by atoms with Crippen LogP contribution in [0.1, 0.15) is 11.1 Å². The van der Waals surface area contributed by atoms with Crippen molar-refractivity contribution in [3.05, 3.63) is 59.2 Å². The van der Waals surface area contributed by atoms with E-state index in [0.717, 1.165) is 24.3 Å². The molecule has 0 atom stereocenters. The first-order chi connectivity index (χ1) is 9.83. The highest BCUT2D eigenvalue weighted by molar-refractivity contribution is 7.90. The SMILES string of the molecule is N#Cc1ccc(F)c(CS(=O)(=O)c2ccc(N)cc2F)c1. The number of nitriles is 1. The molecule has 21 heavy (non-hydrogen) atoms. The molecule has 0 aliphatic rings. The van der Waals surface area contributed by atoms with Crippen LogP contribution in [-0.4, -0.2) is 8.42 Å². The van der Waals surface area contributed by atoms with Crippen LogP contribution in [0.4, 0.5) is 14.5 Å². The fraction of sp³-hybridized carbons (Fsp3) is 0.0714. The molecule has 108 valence electrons. The third kappa shape index (κ3) is 3.17. The summed E-state index contributed by atoms with van der Waals surface area (Å²) in [7, 11) is -4.09. The zero-order valence-corrected chi connectivity index (χ0v) is 11.5. The van der Waals surface area contributed by atoms with Crippen molar-refractivity contribution in [3.63, 3.8) is 0 Å². The minimum absolute atomic E-state index is 0.0871. The summed E-state index contributed by atoms with van der Waals surface area (Å²) in [6.45, 7) is 0. The van der Waals surface area contributed by atoms with E-state index < -0.39 is 32.1 Å². The van der Waals surface area contributed by atoms with Crippen LogP contribution in [0.3, 0.4) is 0 Å². The van der Waals surface area contributed by atoms with Crippen molar-refractivity contribution in [1.29, 1.82) is 5.26 Å². The quantitative estimate of drug-likeness (QED) is 0.882. The maximum Gasteiger partial charge on any atom is 0.185 e. The van der Waals surface area contributed by atoms with Gasteiger partial charge in [0.15, 0.2) is 9.84 Å². The fourth-order valence-electron chi connectivity index (χ4n) is 1.81. The summed E-state index contributed by atoms with van der Waals surface area (Å²) in [5, 5.41) is 8.75. The molecule has 0 fully saturated rings. The Morgan fingerprint density at radius 2 is 1.81 bits per heavy atom. The molecule has 0 aliphatic heterocycles. The second kappa shape index (κ2) is 5.50. The van der Waals surface area contributed by atoms with Crippen molar-refractivity contribution in [2.75, 3.05) is 5.73 Å². The predicted molar refractivity (Wildman–Crippen MR) is 72.8 cm³/mol. The second-order valence-electron chi connectivity index (χ2n) is 4.37. The monoisotopic (exact) mass is 308 g/mol. The van der Waals surface area contributed by atoms with Gasteiger partial charge in [-0.2, -0.15) is 5.26 Å². The molecule has 0 aliphatic carbocycles.